The predicted molar refractivity (Wildman–Crippen MR) is 85.1 cm³/mol. The fourth-order valence-electron chi connectivity index (χ4n) is 2.78. The Morgan fingerprint density at radius 1 is 1.08 bits per heavy atom. The molecule has 0 aromatic heterocycles. The average molecular weight is 335 g/mol. The summed E-state index contributed by atoms with van der Waals surface area (Å²) in [6.07, 6.45) is -1.24. The standard InChI is InChI=1S/C18H19F2NO3/c1-21(11-15(22)18-13(19)3-2-4-14(18)20)10-12-5-6-16-17(9-12)24-8-7-23-16/h2-6,9,15,22H,7-8,10-11H2,1H3. The molecule has 1 N–H and O–H groups in total. The van der Waals surface area contributed by atoms with E-state index in [1.807, 2.05) is 18.2 Å². The third kappa shape index (κ3) is 3.66. The summed E-state index contributed by atoms with van der Waals surface area (Å²) in [5, 5.41) is 10.2. The van der Waals surface area contributed by atoms with Gasteiger partial charge < -0.3 is 14.6 Å². The smallest absolute Gasteiger partial charge is 0.161 e. The molecular weight excluding hydrogens is 316 g/mol. The first-order valence-corrected chi connectivity index (χ1v) is 7.73. The first-order valence-electron chi connectivity index (χ1n) is 7.73. The van der Waals surface area contributed by atoms with Crippen molar-refractivity contribution in [2.45, 2.75) is 12.6 Å². The van der Waals surface area contributed by atoms with E-state index < -0.39 is 17.7 Å². The van der Waals surface area contributed by atoms with E-state index in [2.05, 4.69) is 0 Å². The van der Waals surface area contributed by atoms with E-state index >= 15 is 0 Å². The minimum absolute atomic E-state index is 0.103. The molecule has 0 saturated carbocycles. The van der Waals surface area contributed by atoms with Crippen LogP contribution in [0.5, 0.6) is 11.5 Å². The molecule has 0 bridgehead atoms. The summed E-state index contributed by atoms with van der Waals surface area (Å²) in [4.78, 5) is 1.79. The molecule has 0 aliphatic carbocycles. The molecule has 1 heterocycles. The summed E-state index contributed by atoms with van der Waals surface area (Å²) in [5.74, 6) is -0.0839. The molecule has 1 aliphatic heterocycles. The van der Waals surface area contributed by atoms with Crippen molar-refractivity contribution in [2.24, 2.45) is 0 Å². The normalized spacial score (nSPS) is 14.7. The van der Waals surface area contributed by atoms with Crippen LogP contribution in [-0.2, 0) is 6.54 Å². The van der Waals surface area contributed by atoms with Crippen LogP contribution in [0.1, 0.15) is 17.2 Å². The molecule has 0 saturated heterocycles. The topological polar surface area (TPSA) is 41.9 Å². The molecule has 6 heteroatoms. The number of hydrogen-bond acceptors (Lipinski definition) is 4. The highest BCUT2D eigenvalue weighted by Crippen LogP contribution is 2.31. The van der Waals surface area contributed by atoms with Gasteiger partial charge in [0, 0.05) is 13.1 Å². The SMILES string of the molecule is CN(Cc1ccc2c(c1)OCCO2)CC(O)c1c(F)cccc1F. The maximum atomic E-state index is 13.7. The van der Waals surface area contributed by atoms with Crippen molar-refractivity contribution in [3.63, 3.8) is 0 Å². The van der Waals surface area contributed by atoms with Gasteiger partial charge in [0.2, 0.25) is 0 Å². The molecule has 1 aliphatic rings. The molecule has 0 fully saturated rings. The highest BCUT2D eigenvalue weighted by molar-refractivity contribution is 5.43. The Hall–Kier alpha value is -2.18. The van der Waals surface area contributed by atoms with Crippen LogP contribution in [0.2, 0.25) is 0 Å². The highest BCUT2D eigenvalue weighted by Gasteiger charge is 2.20. The summed E-state index contributed by atoms with van der Waals surface area (Å²) in [6.45, 7) is 1.65. The Labute approximate surface area is 139 Å². The van der Waals surface area contributed by atoms with E-state index in [1.165, 1.54) is 6.07 Å². The molecule has 2 aromatic rings. The number of aliphatic hydroxyl groups is 1. The van der Waals surface area contributed by atoms with Crippen LogP contribution < -0.4 is 9.47 Å². The Kier molecular flexibility index (Phi) is 4.97. The largest absolute Gasteiger partial charge is 0.486 e. The molecular formula is C18H19F2NO3. The van der Waals surface area contributed by atoms with Gasteiger partial charge in [-0.15, -0.1) is 0 Å². The summed E-state index contributed by atoms with van der Waals surface area (Å²) < 4.78 is 38.4. The Morgan fingerprint density at radius 3 is 2.46 bits per heavy atom. The van der Waals surface area contributed by atoms with E-state index in [4.69, 9.17) is 9.47 Å². The van der Waals surface area contributed by atoms with Crippen LogP contribution in [0.15, 0.2) is 36.4 Å². The van der Waals surface area contributed by atoms with Gasteiger partial charge in [-0.25, -0.2) is 8.78 Å². The number of hydrogen-bond donors (Lipinski definition) is 1. The summed E-state index contributed by atoms with van der Waals surface area (Å²) in [7, 11) is 1.78. The van der Waals surface area contributed by atoms with E-state index in [9.17, 15) is 13.9 Å². The number of aliphatic hydroxyl groups excluding tert-OH is 1. The van der Waals surface area contributed by atoms with Crippen molar-refractivity contribution in [3.8, 4) is 11.5 Å². The predicted octanol–water partition coefficient (Wildman–Crippen LogP) is 2.90. The lowest BCUT2D eigenvalue weighted by Crippen LogP contribution is -2.25. The van der Waals surface area contributed by atoms with Gasteiger partial charge in [0.1, 0.15) is 24.8 Å². The van der Waals surface area contributed by atoms with E-state index in [0.29, 0.717) is 31.3 Å². The number of ether oxygens (including phenoxy) is 2. The van der Waals surface area contributed by atoms with Crippen molar-refractivity contribution in [2.75, 3.05) is 26.8 Å². The first-order chi connectivity index (χ1) is 11.5. The third-order valence-corrected chi connectivity index (χ3v) is 3.88. The molecule has 0 radical (unpaired) electrons. The van der Waals surface area contributed by atoms with Gasteiger partial charge >= 0.3 is 0 Å². The van der Waals surface area contributed by atoms with Crippen molar-refractivity contribution in [1.82, 2.24) is 4.90 Å². The molecule has 3 rings (SSSR count). The average Bonchev–Trinajstić information content (AvgIpc) is 2.54. The molecule has 1 unspecified atom stereocenters. The fraction of sp³-hybridized carbons (Fsp3) is 0.333. The zero-order valence-corrected chi connectivity index (χ0v) is 13.3. The fourth-order valence-corrected chi connectivity index (χ4v) is 2.78. The maximum Gasteiger partial charge on any atom is 0.161 e. The zero-order chi connectivity index (χ0) is 17.1. The van der Waals surface area contributed by atoms with Gasteiger partial charge in [0.05, 0.1) is 11.7 Å². The lowest BCUT2D eigenvalue weighted by Gasteiger charge is -2.23. The number of halogens is 2. The first kappa shape index (κ1) is 16.7. The number of likely N-dealkylation sites (N-methyl/N-ethyl adjacent to an activating group) is 1. The number of fused-ring (bicyclic) bond motifs is 1. The van der Waals surface area contributed by atoms with Gasteiger partial charge in [0.25, 0.3) is 0 Å². The lowest BCUT2D eigenvalue weighted by atomic mass is 10.1. The van der Waals surface area contributed by atoms with Crippen molar-refractivity contribution >= 4 is 0 Å². The van der Waals surface area contributed by atoms with Gasteiger partial charge in [-0.2, -0.15) is 0 Å². The Morgan fingerprint density at radius 2 is 1.75 bits per heavy atom. The van der Waals surface area contributed by atoms with Crippen LogP contribution in [0, 0.1) is 11.6 Å². The van der Waals surface area contributed by atoms with Crippen molar-refractivity contribution in [3.05, 3.63) is 59.2 Å². The van der Waals surface area contributed by atoms with E-state index in [-0.39, 0.29) is 12.1 Å². The molecule has 24 heavy (non-hydrogen) atoms. The van der Waals surface area contributed by atoms with Crippen LogP contribution in [0.25, 0.3) is 0 Å². The second-order valence-corrected chi connectivity index (χ2v) is 5.83. The Balaban J connectivity index is 1.66. The van der Waals surface area contributed by atoms with Crippen LogP contribution in [-0.4, -0.2) is 36.8 Å². The zero-order valence-electron chi connectivity index (χ0n) is 13.3. The molecule has 0 amide bonds. The minimum Gasteiger partial charge on any atom is -0.486 e. The molecule has 4 nitrogen and oxygen atoms in total. The lowest BCUT2D eigenvalue weighted by molar-refractivity contribution is 0.116. The monoisotopic (exact) mass is 335 g/mol. The minimum atomic E-state index is -1.24. The second-order valence-electron chi connectivity index (χ2n) is 5.83. The van der Waals surface area contributed by atoms with Gasteiger partial charge in [-0.1, -0.05) is 12.1 Å². The number of nitrogens with zero attached hydrogens (tertiary/aromatic N) is 1. The number of benzene rings is 2. The Bertz CT molecular complexity index is 703. The molecule has 128 valence electrons. The van der Waals surface area contributed by atoms with Gasteiger partial charge in [-0.3, -0.25) is 4.90 Å². The van der Waals surface area contributed by atoms with Crippen molar-refractivity contribution < 1.29 is 23.4 Å². The van der Waals surface area contributed by atoms with E-state index in [1.54, 1.807) is 11.9 Å². The van der Waals surface area contributed by atoms with Crippen molar-refractivity contribution in [1.29, 1.82) is 0 Å². The van der Waals surface area contributed by atoms with Gasteiger partial charge in [0.15, 0.2) is 11.5 Å². The summed E-state index contributed by atoms with van der Waals surface area (Å²) >= 11 is 0. The van der Waals surface area contributed by atoms with Crippen LogP contribution >= 0.6 is 0 Å². The van der Waals surface area contributed by atoms with Crippen LogP contribution in [0.3, 0.4) is 0 Å². The maximum absolute atomic E-state index is 13.7. The summed E-state index contributed by atoms with van der Waals surface area (Å²) in [5.41, 5.74) is 0.662. The molecule has 2 aromatic carbocycles. The van der Waals surface area contributed by atoms with Crippen LogP contribution in [0.4, 0.5) is 8.78 Å². The molecule has 1 atom stereocenters. The highest BCUT2D eigenvalue weighted by atomic mass is 19.1. The second kappa shape index (κ2) is 7.15. The summed E-state index contributed by atoms with van der Waals surface area (Å²) in [6, 6.07) is 9.18. The van der Waals surface area contributed by atoms with E-state index in [0.717, 1.165) is 17.7 Å². The number of rotatable bonds is 5. The molecule has 0 spiro atoms. The third-order valence-electron chi connectivity index (χ3n) is 3.88. The quantitative estimate of drug-likeness (QED) is 0.912. The van der Waals surface area contributed by atoms with Gasteiger partial charge in [-0.05, 0) is 36.9 Å².